The standard InChI is InChI=1S/C12H14O3/c1-15-11-5-4-8-6-10(12(13)14)3-2-9(8)7-11/h2-3,6,11H,4-5,7H2,1H3,(H,13,14). The molecule has 80 valence electrons. The Morgan fingerprint density at radius 1 is 1.47 bits per heavy atom. The van der Waals surface area contributed by atoms with Crippen molar-refractivity contribution < 1.29 is 14.6 Å². The molecule has 1 aliphatic rings. The van der Waals surface area contributed by atoms with E-state index in [1.807, 2.05) is 6.07 Å². The Labute approximate surface area is 88.7 Å². The number of benzene rings is 1. The van der Waals surface area contributed by atoms with Crippen LogP contribution in [0.15, 0.2) is 18.2 Å². The van der Waals surface area contributed by atoms with E-state index in [9.17, 15) is 4.79 Å². The van der Waals surface area contributed by atoms with Gasteiger partial charge in [-0.25, -0.2) is 4.79 Å². The summed E-state index contributed by atoms with van der Waals surface area (Å²) in [7, 11) is 1.72. The largest absolute Gasteiger partial charge is 0.478 e. The van der Waals surface area contributed by atoms with E-state index >= 15 is 0 Å². The lowest BCUT2D eigenvalue weighted by Gasteiger charge is -2.23. The lowest BCUT2D eigenvalue weighted by atomic mass is 9.88. The SMILES string of the molecule is COC1CCc2cc(C(=O)O)ccc2C1. The number of carbonyl (C=O) groups is 1. The van der Waals surface area contributed by atoms with Gasteiger partial charge >= 0.3 is 5.97 Å². The number of hydrogen-bond acceptors (Lipinski definition) is 2. The second-order valence-electron chi connectivity index (χ2n) is 3.89. The number of carboxylic acid groups (broad SMARTS) is 1. The maximum atomic E-state index is 10.8. The normalized spacial score (nSPS) is 19.7. The molecule has 0 fully saturated rings. The lowest BCUT2D eigenvalue weighted by molar-refractivity contribution is 0.0696. The molecule has 0 heterocycles. The van der Waals surface area contributed by atoms with E-state index in [1.54, 1.807) is 19.2 Å². The Hall–Kier alpha value is -1.35. The van der Waals surface area contributed by atoms with Gasteiger partial charge in [0.25, 0.3) is 0 Å². The minimum Gasteiger partial charge on any atom is -0.478 e. The van der Waals surface area contributed by atoms with Crippen molar-refractivity contribution in [1.82, 2.24) is 0 Å². The Morgan fingerprint density at radius 2 is 2.27 bits per heavy atom. The summed E-state index contributed by atoms with van der Waals surface area (Å²) in [6.07, 6.45) is 3.07. The van der Waals surface area contributed by atoms with Gasteiger partial charge in [-0.3, -0.25) is 0 Å². The van der Waals surface area contributed by atoms with Gasteiger partial charge in [0.1, 0.15) is 0 Å². The van der Waals surface area contributed by atoms with E-state index < -0.39 is 5.97 Å². The van der Waals surface area contributed by atoms with Crippen molar-refractivity contribution in [3.63, 3.8) is 0 Å². The van der Waals surface area contributed by atoms with E-state index in [1.165, 1.54) is 5.56 Å². The molecular formula is C12H14O3. The summed E-state index contributed by atoms with van der Waals surface area (Å²) in [5, 5.41) is 8.86. The monoisotopic (exact) mass is 206 g/mol. The van der Waals surface area contributed by atoms with Crippen LogP contribution in [0.1, 0.15) is 27.9 Å². The van der Waals surface area contributed by atoms with Crippen LogP contribution in [0.3, 0.4) is 0 Å². The van der Waals surface area contributed by atoms with Crippen LogP contribution in [0, 0.1) is 0 Å². The van der Waals surface area contributed by atoms with Crippen molar-refractivity contribution >= 4 is 5.97 Å². The molecule has 1 aromatic rings. The highest BCUT2D eigenvalue weighted by atomic mass is 16.5. The number of rotatable bonds is 2. The van der Waals surface area contributed by atoms with E-state index in [-0.39, 0.29) is 6.10 Å². The molecule has 0 bridgehead atoms. The van der Waals surface area contributed by atoms with E-state index in [2.05, 4.69) is 0 Å². The smallest absolute Gasteiger partial charge is 0.335 e. The first-order chi connectivity index (χ1) is 7.20. The molecule has 3 nitrogen and oxygen atoms in total. The first-order valence-corrected chi connectivity index (χ1v) is 5.08. The predicted octanol–water partition coefficient (Wildman–Crippen LogP) is 1.89. The second kappa shape index (κ2) is 4.03. The molecule has 0 radical (unpaired) electrons. The van der Waals surface area contributed by atoms with Crippen LogP contribution in [-0.2, 0) is 17.6 Å². The Kier molecular flexibility index (Phi) is 2.73. The first-order valence-electron chi connectivity index (χ1n) is 5.08. The maximum Gasteiger partial charge on any atom is 0.335 e. The summed E-state index contributed by atoms with van der Waals surface area (Å²) in [5.41, 5.74) is 2.76. The van der Waals surface area contributed by atoms with Gasteiger partial charge in [0.05, 0.1) is 11.7 Å². The summed E-state index contributed by atoms with van der Waals surface area (Å²) in [6, 6.07) is 5.35. The van der Waals surface area contributed by atoms with E-state index in [0.717, 1.165) is 24.8 Å². The Morgan fingerprint density at radius 3 is 2.93 bits per heavy atom. The summed E-state index contributed by atoms with van der Waals surface area (Å²) in [6.45, 7) is 0. The summed E-state index contributed by atoms with van der Waals surface area (Å²) in [4.78, 5) is 10.8. The van der Waals surface area contributed by atoms with Gasteiger partial charge in [-0.1, -0.05) is 6.07 Å². The molecule has 0 spiro atoms. The summed E-state index contributed by atoms with van der Waals surface area (Å²) in [5.74, 6) is -0.855. The van der Waals surface area contributed by atoms with Gasteiger partial charge in [-0.05, 0) is 42.5 Å². The van der Waals surface area contributed by atoms with Crippen LogP contribution < -0.4 is 0 Å². The highest BCUT2D eigenvalue weighted by Crippen LogP contribution is 2.23. The molecular weight excluding hydrogens is 192 g/mol. The molecule has 3 heteroatoms. The van der Waals surface area contributed by atoms with E-state index in [4.69, 9.17) is 9.84 Å². The minimum absolute atomic E-state index is 0.285. The van der Waals surface area contributed by atoms with Crippen LogP contribution in [-0.4, -0.2) is 24.3 Å². The van der Waals surface area contributed by atoms with Gasteiger partial charge in [0, 0.05) is 7.11 Å². The molecule has 0 aliphatic heterocycles. The minimum atomic E-state index is -0.855. The highest BCUT2D eigenvalue weighted by Gasteiger charge is 2.19. The molecule has 0 aromatic heterocycles. The molecule has 0 amide bonds. The molecule has 1 unspecified atom stereocenters. The number of aryl methyl sites for hydroxylation is 1. The highest BCUT2D eigenvalue weighted by molar-refractivity contribution is 5.87. The van der Waals surface area contributed by atoms with Crippen LogP contribution in [0.25, 0.3) is 0 Å². The molecule has 1 aliphatic carbocycles. The fourth-order valence-corrected chi connectivity index (χ4v) is 2.06. The maximum absolute atomic E-state index is 10.8. The molecule has 0 saturated carbocycles. The van der Waals surface area contributed by atoms with Gasteiger partial charge in [0.2, 0.25) is 0 Å². The average molecular weight is 206 g/mol. The van der Waals surface area contributed by atoms with Crippen LogP contribution in [0.5, 0.6) is 0 Å². The van der Waals surface area contributed by atoms with Gasteiger partial charge in [-0.15, -0.1) is 0 Å². The molecule has 1 atom stereocenters. The van der Waals surface area contributed by atoms with Gasteiger partial charge in [0.15, 0.2) is 0 Å². The molecule has 15 heavy (non-hydrogen) atoms. The number of ether oxygens (including phenoxy) is 1. The third-order valence-electron chi connectivity index (χ3n) is 2.97. The Balaban J connectivity index is 2.28. The van der Waals surface area contributed by atoms with Crippen LogP contribution >= 0.6 is 0 Å². The number of fused-ring (bicyclic) bond motifs is 1. The lowest BCUT2D eigenvalue weighted by Crippen LogP contribution is -2.21. The Bertz CT molecular complexity index is 384. The number of aromatic carboxylic acids is 1. The van der Waals surface area contributed by atoms with Crippen molar-refractivity contribution in [2.75, 3.05) is 7.11 Å². The fourth-order valence-electron chi connectivity index (χ4n) is 2.06. The number of carboxylic acids is 1. The van der Waals surface area contributed by atoms with Gasteiger partial charge < -0.3 is 9.84 Å². The predicted molar refractivity (Wildman–Crippen MR) is 56.2 cm³/mol. The van der Waals surface area contributed by atoms with Gasteiger partial charge in [-0.2, -0.15) is 0 Å². The van der Waals surface area contributed by atoms with Crippen LogP contribution in [0.4, 0.5) is 0 Å². The summed E-state index contributed by atoms with van der Waals surface area (Å²) >= 11 is 0. The van der Waals surface area contributed by atoms with E-state index in [0.29, 0.717) is 5.56 Å². The zero-order chi connectivity index (χ0) is 10.8. The third kappa shape index (κ3) is 2.02. The molecule has 2 rings (SSSR count). The first kappa shape index (κ1) is 10.2. The second-order valence-corrected chi connectivity index (χ2v) is 3.89. The van der Waals surface area contributed by atoms with Crippen molar-refractivity contribution in [3.05, 3.63) is 34.9 Å². The zero-order valence-electron chi connectivity index (χ0n) is 8.69. The van der Waals surface area contributed by atoms with Crippen molar-refractivity contribution in [2.24, 2.45) is 0 Å². The van der Waals surface area contributed by atoms with Crippen molar-refractivity contribution in [3.8, 4) is 0 Å². The quantitative estimate of drug-likeness (QED) is 0.803. The van der Waals surface area contributed by atoms with Crippen molar-refractivity contribution in [1.29, 1.82) is 0 Å². The average Bonchev–Trinajstić information content (AvgIpc) is 2.27. The third-order valence-corrected chi connectivity index (χ3v) is 2.97. The van der Waals surface area contributed by atoms with Crippen LogP contribution in [0.2, 0.25) is 0 Å². The fraction of sp³-hybridized carbons (Fsp3) is 0.417. The topological polar surface area (TPSA) is 46.5 Å². The number of methoxy groups -OCH3 is 1. The number of hydrogen-bond donors (Lipinski definition) is 1. The van der Waals surface area contributed by atoms with Crippen molar-refractivity contribution in [2.45, 2.75) is 25.4 Å². The zero-order valence-corrected chi connectivity index (χ0v) is 8.69. The molecule has 1 aromatic carbocycles. The molecule has 1 N–H and O–H groups in total. The molecule has 0 saturated heterocycles. The summed E-state index contributed by atoms with van der Waals surface area (Å²) < 4.78 is 5.31.